The number of benzene rings is 1. The molecule has 0 bridgehead atoms. The Bertz CT molecular complexity index is 280. The smallest absolute Gasteiger partial charge is 0.228 e. The summed E-state index contributed by atoms with van der Waals surface area (Å²) in [5.74, 6) is 0. The Hall–Kier alpha value is -0.830. The van der Waals surface area contributed by atoms with Crippen molar-refractivity contribution >= 4 is 38.0 Å². The number of hydrogen-bond acceptors (Lipinski definition) is 3. The Labute approximate surface area is 84.2 Å². The molecule has 1 aromatic rings. The third-order valence-corrected chi connectivity index (χ3v) is 1.46. The molecule has 1 N–H and O–H groups in total. The van der Waals surface area contributed by atoms with E-state index in [9.17, 15) is 4.79 Å². The van der Waals surface area contributed by atoms with Crippen molar-refractivity contribution in [3.63, 3.8) is 0 Å². The highest BCUT2D eigenvalue weighted by Crippen LogP contribution is 2.03. The second kappa shape index (κ2) is 6.85. The van der Waals surface area contributed by atoms with E-state index in [1.54, 1.807) is 17.3 Å². The van der Waals surface area contributed by atoms with E-state index in [4.69, 9.17) is 5.41 Å². The maximum Gasteiger partial charge on any atom is 0.228 e. The van der Waals surface area contributed by atoms with Gasteiger partial charge in [-0.1, -0.05) is 30.3 Å². The number of carbonyl (C=O) groups is 1. The van der Waals surface area contributed by atoms with Crippen LogP contribution in [0.15, 0.2) is 30.3 Å². The number of thiocarbonyl (C=S) groups is 1. The molecule has 0 aliphatic carbocycles. The summed E-state index contributed by atoms with van der Waals surface area (Å²) in [7, 11) is 0. The summed E-state index contributed by atoms with van der Waals surface area (Å²) in [4.78, 5) is 10.6. The molecule has 0 radical (unpaired) electrons. The quantitative estimate of drug-likeness (QED) is 0.468. The Balaban J connectivity index is 0.000000354. The van der Waals surface area contributed by atoms with Crippen LogP contribution < -0.4 is 0 Å². The Morgan fingerprint density at radius 2 is 1.83 bits per heavy atom. The van der Waals surface area contributed by atoms with Crippen LogP contribution in [0.2, 0.25) is 0 Å². The lowest BCUT2D eigenvalue weighted by molar-refractivity contribution is 0.109. The number of carbonyl (C=O) groups excluding carboxylic acids is 1. The minimum atomic E-state index is -0.0666. The molecule has 1 aromatic carbocycles. The molecule has 12 heavy (non-hydrogen) atoms. The molecular weight excluding hydrogens is 238 g/mol. The molecule has 0 saturated heterocycles. The molecule has 0 aliphatic heterocycles. The number of halogens is 1. The zero-order valence-corrected chi connectivity index (χ0v) is 8.48. The molecule has 0 spiro atoms. The van der Waals surface area contributed by atoms with Crippen molar-refractivity contribution in [2.75, 3.05) is 0 Å². The van der Waals surface area contributed by atoms with Gasteiger partial charge < -0.3 is 0 Å². The molecule has 62 valence electrons. The first kappa shape index (κ1) is 11.2. The molecule has 1 rings (SSSR count). The van der Waals surface area contributed by atoms with Gasteiger partial charge in [0, 0.05) is 5.56 Å². The van der Waals surface area contributed by atoms with Gasteiger partial charge in [0.1, 0.15) is 0 Å². The summed E-state index contributed by atoms with van der Waals surface area (Å²) in [6, 6.07) is 9.05. The van der Waals surface area contributed by atoms with E-state index in [1.807, 2.05) is 18.2 Å². The zero-order chi connectivity index (χ0) is 9.40. The average Bonchev–Trinajstić information content (AvgIpc) is 2.07. The minimum absolute atomic E-state index is 0.0666. The SMILES string of the molecule is N=C=S.O=C(Br)c1ccccc1. The van der Waals surface area contributed by atoms with E-state index < -0.39 is 0 Å². The number of nitrogens with one attached hydrogen (secondary N) is 1. The lowest BCUT2D eigenvalue weighted by Crippen LogP contribution is -1.83. The van der Waals surface area contributed by atoms with E-state index >= 15 is 0 Å². The van der Waals surface area contributed by atoms with Gasteiger partial charge in [-0.15, -0.1) is 0 Å². The molecule has 0 fully saturated rings. The lowest BCUT2D eigenvalue weighted by Gasteiger charge is -1.87. The van der Waals surface area contributed by atoms with Crippen LogP contribution in [0.3, 0.4) is 0 Å². The number of rotatable bonds is 1. The van der Waals surface area contributed by atoms with Gasteiger partial charge in [0.05, 0.1) is 5.16 Å². The Morgan fingerprint density at radius 1 is 1.42 bits per heavy atom. The van der Waals surface area contributed by atoms with Gasteiger partial charge >= 0.3 is 0 Å². The molecule has 0 saturated carbocycles. The first-order valence-electron chi connectivity index (χ1n) is 3.01. The van der Waals surface area contributed by atoms with Gasteiger partial charge in [-0.2, -0.15) is 0 Å². The van der Waals surface area contributed by atoms with Crippen molar-refractivity contribution in [1.82, 2.24) is 0 Å². The second-order valence-electron chi connectivity index (χ2n) is 1.74. The monoisotopic (exact) mass is 243 g/mol. The minimum Gasteiger partial charge on any atom is -0.281 e. The average molecular weight is 244 g/mol. The third kappa shape index (κ3) is 4.91. The van der Waals surface area contributed by atoms with Crippen LogP contribution in [-0.4, -0.2) is 9.85 Å². The largest absolute Gasteiger partial charge is 0.281 e. The molecule has 0 aromatic heterocycles. The molecule has 2 nitrogen and oxygen atoms in total. The predicted octanol–water partition coefficient (Wildman–Crippen LogP) is 2.89. The van der Waals surface area contributed by atoms with Crippen molar-refractivity contribution in [3.8, 4) is 0 Å². The molecule has 0 heterocycles. The summed E-state index contributed by atoms with van der Waals surface area (Å²) in [6.07, 6.45) is 0. The van der Waals surface area contributed by atoms with Gasteiger partial charge in [-0.3, -0.25) is 4.79 Å². The van der Waals surface area contributed by atoms with Gasteiger partial charge in [0.2, 0.25) is 4.69 Å². The fourth-order valence-corrected chi connectivity index (χ4v) is 0.834. The highest BCUT2D eigenvalue weighted by atomic mass is 79.9. The summed E-state index contributed by atoms with van der Waals surface area (Å²) in [5.41, 5.74) is 0.692. The van der Waals surface area contributed by atoms with Crippen LogP contribution in [-0.2, 0) is 0 Å². The van der Waals surface area contributed by atoms with E-state index in [2.05, 4.69) is 28.1 Å². The van der Waals surface area contributed by atoms with Crippen molar-refractivity contribution in [1.29, 1.82) is 5.41 Å². The Kier molecular flexibility index (Phi) is 6.38. The van der Waals surface area contributed by atoms with Crippen molar-refractivity contribution in [3.05, 3.63) is 35.9 Å². The topological polar surface area (TPSA) is 40.9 Å². The van der Waals surface area contributed by atoms with Crippen LogP contribution in [0.4, 0.5) is 0 Å². The van der Waals surface area contributed by atoms with Crippen LogP contribution in [0, 0.1) is 5.41 Å². The first-order valence-corrected chi connectivity index (χ1v) is 4.21. The molecular formula is C8H6BrNOS. The summed E-state index contributed by atoms with van der Waals surface area (Å²) >= 11 is 6.65. The van der Waals surface area contributed by atoms with Crippen molar-refractivity contribution < 1.29 is 4.79 Å². The first-order chi connectivity index (χ1) is 5.72. The molecule has 0 unspecified atom stereocenters. The molecule has 0 amide bonds. The van der Waals surface area contributed by atoms with Gasteiger partial charge in [0.15, 0.2) is 0 Å². The second-order valence-corrected chi connectivity index (χ2v) is 2.67. The van der Waals surface area contributed by atoms with E-state index in [1.165, 1.54) is 0 Å². The van der Waals surface area contributed by atoms with Gasteiger partial charge in [-0.25, -0.2) is 5.41 Å². The fourth-order valence-electron chi connectivity index (χ4n) is 0.569. The van der Waals surface area contributed by atoms with Crippen molar-refractivity contribution in [2.45, 2.75) is 0 Å². The molecule has 0 aliphatic rings. The van der Waals surface area contributed by atoms with Crippen molar-refractivity contribution in [2.24, 2.45) is 0 Å². The molecule has 0 atom stereocenters. The maximum atomic E-state index is 10.6. The summed E-state index contributed by atoms with van der Waals surface area (Å²) < 4.78 is -0.0666. The van der Waals surface area contributed by atoms with E-state index in [0.29, 0.717) is 5.56 Å². The maximum absolute atomic E-state index is 10.6. The van der Waals surface area contributed by atoms with Crippen LogP contribution in [0.1, 0.15) is 10.4 Å². The lowest BCUT2D eigenvalue weighted by atomic mass is 10.2. The molecule has 4 heteroatoms. The predicted molar refractivity (Wildman–Crippen MR) is 55.0 cm³/mol. The van der Waals surface area contributed by atoms with E-state index in [0.717, 1.165) is 0 Å². The van der Waals surface area contributed by atoms with Crippen LogP contribution in [0.5, 0.6) is 0 Å². The highest BCUT2D eigenvalue weighted by molar-refractivity contribution is 9.18. The number of hydrogen-bond donors (Lipinski definition) is 1. The Morgan fingerprint density at radius 3 is 2.08 bits per heavy atom. The highest BCUT2D eigenvalue weighted by Gasteiger charge is 1.95. The van der Waals surface area contributed by atoms with Crippen LogP contribution >= 0.6 is 28.1 Å². The fraction of sp³-hybridized carbons (Fsp3) is 0. The summed E-state index contributed by atoms with van der Waals surface area (Å²) in [6.45, 7) is 0. The standard InChI is InChI=1S/C7H5BrO.CHNS/c8-7(9)6-4-2-1-3-5-6;2-1-3/h1-5H;2H. The van der Waals surface area contributed by atoms with Crippen LogP contribution in [0.25, 0.3) is 0 Å². The normalized spacial score (nSPS) is 7.42. The van der Waals surface area contributed by atoms with Gasteiger partial charge in [0.25, 0.3) is 0 Å². The third-order valence-electron chi connectivity index (χ3n) is 1.00. The van der Waals surface area contributed by atoms with E-state index in [-0.39, 0.29) is 4.69 Å². The summed E-state index contributed by atoms with van der Waals surface area (Å²) in [5, 5.41) is 7.36. The van der Waals surface area contributed by atoms with Gasteiger partial charge in [-0.05, 0) is 28.1 Å². The number of isothiocyanates is 1. The zero-order valence-electron chi connectivity index (χ0n) is 6.08.